The molecule has 5 nitrogen and oxygen atoms in total. The molecule has 26 heavy (non-hydrogen) atoms. The second-order valence-electron chi connectivity index (χ2n) is 5.42. The number of thioether (sulfide) groups is 1. The standard InChI is InChI=1S/C18H16ClN3O2S.ClH/c19-14-8-6-13(7-9-14)16(23)11-25-18-22-21-17(24-18)15(20)10-12-4-2-1-3-5-12;/h1-9,15H,10-11,20H2;1H. The summed E-state index contributed by atoms with van der Waals surface area (Å²) >= 11 is 7.01. The van der Waals surface area contributed by atoms with E-state index in [0.29, 0.717) is 28.1 Å². The number of Topliss-reactive ketones (excluding diaryl/α,β-unsaturated/α-hetero) is 1. The smallest absolute Gasteiger partial charge is 0.277 e. The fourth-order valence-corrected chi connectivity index (χ4v) is 3.02. The molecule has 1 aromatic heterocycles. The van der Waals surface area contributed by atoms with Crippen molar-refractivity contribution in [2.45, 2.75) is 17.7 Å². The van der Waals surface area contributed by atoms with Crippen LogP contribution >= 0.6 is 35.8 Å². The monoisotopic (exact) mass is 409 g/mol. The van der Waals surface area contributed by atoms with E-state index in [1.807, 2.05) is 30.3 Å². The lowest BCUT2D eigenvalue weighted by Crippen LogP contribution is -2.13. The predicted octanol–water partition coefficient (Wildman–Crippen LogP) is 4.36. The van der Waals surface area contributed by atoms with Crippen molar-refractivity contribution >= 4 is 41.6 Å². The van der Waals surface area contributed by atoms with Crippen molar-refractivity contribution < 1.29 is 9.21 Å². The minimum Gasteiger partial charge on any atom is -0.414 e. The molecule has 0 spiro atoms. The van der Waals surface area contributed by atoms with Gasteiger partial charge in [0.15, 0.2) is 5.78 Å². The number of aromatic nitrogens is 2. The topological polar surface area (TPSA) is 82.0 Å². The van der Waals surface area contributed by atoms with Crippen LogP contribution in [-0.4, -0.2) is 21.7 Å². The highest BCUT2D eigenvalue weighted by molar-refractivity contribution is 7.99. The fourth-order valence-electron chi connectivity index (χ4n) is 2.23. The molecule has 0 saturated heterocycles. The van der Waals surface area contributed by atoms with Gasteiger partial charge in [-0.1, -0.05) is 53.7 Å². The molecule has 0 saturated carbocycles. The highest BCUT2D eigenvalue weighted by Gasteiger charge is 2.16. The molecule has 1 unspecified atom stereocenters. The lowest BCUT2D eigenvalue weighted by Gasteiger charge is -2.06. The third-order valence-corrected chi connectivity index (χ3v) is 4.60. The van der Waals surface area contributed by atoms with E-state index in [4.69, 9.17) is 21.8 Å². The number of carbonyl (C=O) groups excluding carboxylic acids is 1. The summed E-state index contributed by atoms with van der Waals surface area (Å²) in [6, 6.07) is 16.2. The van der Waals surface area contributed by atoms with Gasteiger partial charge in [-0.3, -0.25) is 4.79 Å². The zero-order valence-electron chi connectivity index (χ0n) is 13.7. The summed E-state index contributed by atoms with van der Waals surface area (Å²) in [6.07, 6.45) is 0.608. The van der Waals surface area contributed by atoms with Crippen molar-refractivity contribution in [3.8, 4) is 0 Å². The van der Waals surface area contributed by atoms with Gasteiger partial charge in [-0.05, 0) is 36.2 Å². The molecule has 3 rings (SSSR count). The minimum absolute atomic E-state index is 0. The van der Waals surface area contributed by atoms with Crippen LogP contribution in [0.15, 0.2) is 64.2 Å². The van der Waals surface area contributed by atoms with Gasteiger partial charge in [0, 0.05) is 10.6 Å². The molecule has 2 aromatic carbocycles. The van der Waals surface area contributed by atoms with Crippen LogP contribution < -0.4 is 5.73 Å². The van der Waals surface area contributed by atoms with Crippen LogP contribution in [0.2, 0.25) is 5.02 Å². The lowest BCUT2D eigenvalue weighted by atomic mass is 10.1. The average molecular weight is 410 g/mol. The molecule has 1 atom stereocenters. The molecule has 1 heterocycles. The summed E-state index contributed by atoms with van der Waals surface area (Å²) in [5.41, 5.74) is 7.81. The Balaban J connectivity index is 0.00000243. The van der Waals surface area contributed by atoms with E-state index in [2.05, 4.69) is 10.2 Å². The zero-order valence-corrected chi connectivity index (χ0v) is 16.1. The normalized spacial score (nSPS) is 11.6. The summed E-state index contributed by atoms with van der Waals surface area (Å²) in [6.45, 7) is 0. The molecule has 136 valence electrons. The molecule has 2 N–H and O–H groups in total. The largest absolute Gasteiger partial charge is 0.414 e. The average Bonchev–Trinajstić information content (AvgIpc) is 3.10. The molecular weight excluding hydrogens is 393 g/mol. The first-order chi connectivity index (χ1) is 12.1. The Morgan fingerprint density at radius 1 is 1.12 bits per heavy atom. The van der Waals surface area contributed by atoms with Crippen LogP contribution in [0.1, 0.15) is 27.9 Å². The van der Waals surface area contributed by atoms with Gasteiger partial charge in [-0.2, -0.15) is 0 Å². The maximum Gasteiger partial charge on any atom is 0.277 e. The van der Waals surface area contributed by atoms with Crippen molar-refractivity contribution in [1.82, 2.24) is 10.2 Å². The van der Waals surface area contributed by atoms with Crippen LogP contribution in [0.5, 0.6) is 0 Å². The Labute approximate surface area is 166 Å². The lowest BCUT2D eigenvalue weighted by molar-refractivity contribution is 0.102. The molecule has 0 radical (unpaired) electrons. The zero-order chi connectivity index (χ0) is 17.6. The van der Waals surface area contributed by atoms with E-state index in [1.54, 1.807) is 24.3 Å². The van der Waals surface area contributed by atoms with Crippen LogP contribution in [0.3, 0.4) is 0 Å². The predicted molar refractivity (Wildman–Crippen MR) is 105 cm³/mol. The van der Waals surface area contributed by atoms with Gasteiger partial charge in [0.05, 0.1) is 11.8 Å². The Hall–Kier alpha value is -1.86. The third kappa shape index (κ3) is 5.57. The number of benzene rings is 2. The van der Waals surface area contributed by atoms with E-state index in [-0.39, 0.29) is 30.0 Å². The van der Waals surface area contributed by atoms with Crippen molar-refractivity contribution in [3.63, 3.8) is 0 Å². The summed E-state index contributed by atoms with van der Waals surface area (Å²) < 4.78 is 5.57. The summed E-state index contributed by atoms with van der Waals surface area (Å²) in [7, 11) is 0. The van der Waals surface area contributed by atoms with Crippen LogP contribution in [0.25, 0.3) is 0 Å². The molecule has 3 aromatic rings. The first-order valence-electron chi connectivity index (χ1n) is 7.66. The van der Waals surface area contributed by atoms with E-state index in [0.717, 1.165) is 5.56 Å². The Morgan fingerprint density at radius 3 is 2.50 bits per heavy atom. The number of ketones is 1. The summed E-state index contributed by atoms with van der Waals surface area (Å²) in [5, 5.41) is 8.86. The first kappa shape index (κ1) is 20.5. The van der Waals surface area contributed by atoms with Gasteiger partial charge in [0.25, 0.3) is 5.22 Å². The highest BCUT2D eigenvalue weighted by Crippen LogP contribution is 2.22. The molecule has 0 aliphatic heterocycles. The van der Waals surface area contributed by atoms with Crippen molar-refractivity contribution in [2.24, 2.45) is 5.73 Å². The van der Waals surface area contributed by atoms with Gasteiger partial charge in [-0.15, -0.1) is 22.6 Å². The molecule has 0 aliphatic rings. The molecule has 0 bridgehead atoms. The van der Waals surface area contributed by atoms with Gasteiger partial charge in [0.2, 0.25) is 5.89 Å². The van der Waals surface area contributed by atoms with Gasteiger partial charge < -0.3 is 10.2 Å². The molecule has 8 heteroatoms. The molecule has 0 aliphatic carbocycles. The first-order valence-corrected chi connectivity index (χ1v) is 9.02. The van der Waals surface area contributed by atoms with Crippen molar-refractivity contribution in [2.75, 3.05) is 5.75 Å². The Bertz CT molecular complexity index is 841. The number of carbonyl (C=O) groups is 1. The number of hydrogen-bond donors (Lipinski definition) is 1. The summed E-state index contributed by atoms with van der Waals surface area (Å²) in [5.74, 6) is 0.539. The Kier molecular flexibility index (Phi) is 7.66. The maximum atomic E-state index is 12.1. The molecule has 0 amide bonds. The number of nitrogens with zero attached hydrogens (tertiary/aromatic N) is 2. The molecule has 0 fully saturated rings. The number of halogens is 2. The quantitative estimate of drug-likeness (QED) is 0.460. The number of hydrogen-bond acceptors (Lipinski definition) is 6. The van der Waals surface area contributed by atoms with Crippen molar-refractivity contribution in [1.29, 1.82) is 0 Å². The van der Waals surface area contributed by atoms with Crippen LogP contribution in [-0.2, 0) is 6.42 Å². The minimum atomic E-state index is -0.379. The van der Waals surface area contributed by atoms with E-state index < -0.39 is 0 Å². The summed E-state index contributed by atoms with van der Waals surface area (Å²) in [4.78, 5) is 12.1. The SMILES string of the molecule is Cl.NC(Cc1ccccc1)c1nnc(SCC(=O)c2ccc(Cl)cc2)o1. The highest BCUT2D eigenvalue weighted by atomic mass is 35.5. The van der Waals surface area contributed by atoms with Gasteiger partial charge in [0.1, 0.15) is 0 Å². The fraction of sp³-hybridized carbons (Fsp3) is 0.167. The van der Waals surface area contributed by atoms with E-state index in [9.17, 15) is 4.79 Å². The van der Waals surface area contributed by atoms with Crippen molar-refractivity contribution in [3.05, 3.63) is 76.6 Å². The second kappa shape index (κ2) is 9.73. The van der Waals surface area contributed by atoms with Crippen LogP contribution in [0, 0.1) is 0 Å². The number of nitrogens with two attached hydrogens (primary N) is 1. The second-order valence-corrected chi connectivity index (χ2v) is 6.78. The van der Waals surface area contributed by atoms with E-state index >= 15 is 0 Å². The maximum absolute atomic E-state index is 12.1. The Morgan fingerprint density at radius 2 is 1.81 bits per heavy atom. The van der Waals surface area contributed by atoms with Gasteiger partial charge >= 0.3 is 0 Å². The van der Waals surface area contributed by atoms with Gasteiger partial charge in [-0.25, -0.2) is 0 Å². The van der Waals surface area contributed by atoms with E-state index in [1.165, 1.54) is 11.8 Å². The van der Waals surface area contributed by atoms with Crippen LogP contribution in [0.4, 0.5) is 0 Å². The third-order valence-electron chi connectivity index (χ3n) is 3.53. The molecular formula is C18H17Cl2N3O2S. The number of rotatable bonds is 7.